The third-order valence-electron chi connectivity index (χ3n) is 3.06. The monoisotopic (exact) mass is 306 g/mol. The molecule has 6 heteroatoms. The molecule has 0 saturated carbocycles. The molecule has 0 atom stereocenters. The van der Waals surface area contributed by atoms with Crippen molar-refractivity contribution in [2.75, 3.05) is 4.31 Å². The topological polar surface area (TPSA) is 52.6 Å². The van der Waals surface area contributed by atoms with Crippen LogP contribution >= 0.6 is 12.8 Å². The van der Waals surface area contributed by atoms with Crippen LogP contribution in [0.5, 0.6) is 5.75 Å². The molecule has 2 N–H and O–H groups in total. The van der Waals surface area contributed by atoms with Crippen LogP contribution in [0.1, 0.15) is 11.1 Å². The molecule has 2 aromatic rings. The van der Waals surface area contributed by atoms with Crippen molar-refractivity contribution in [3.63, 3.8) is 0 Å². The van der Waals surface area contributed by atoms with Gasteiger partial charge in [0.1, 0.15) is 0 Å². The largest absolute Gasteiger partial charge is 0.505 e. The molecular formula is C15H15FN2O2S. The minimum atomic E-state index is -0.807. The number of aryl methyl sites for hydroxylation is 1. The Balaban J connectivity index is 2.03. The minimum Gasteiger partial charge on any atom is -0.505 e. The lowest BCUT2D eigenvalue weighted by Gasteiger charge is -2.17. The molecule has 0 aliphatic rings. The molecule has 0 heterocycles. The molecule has 0 fully saturated rings. The quantitative estimate of drug-likeness (QED) is 0.761. The van der Waals surface area contributed by atoms with Gasteiger partial charge < -0.3 is 10.4 Å². The average Bonchev–Trinajstić information content (AvgIpc) is 2.48. The SMILES string of the molecule is Cc1ccccc1CNC(=O)N(S)c1ccc(O)c(F)c1. The van der Waals surface area contributed by atoms with Gasteiger partial charge in [0.2, 0.25) is 0 Å². The van der Waals surface area contributed by atoms with E-state index in [2.05, 4.69) is 18.1 Å². The van der Waals surface area contributed by atoms with Crippen molar-refractivity contribution in [1.29, 1.82) is 0 Å². The zero-order chi connectivity index (χ0) is 15.4. The summed E-state index contributed by atoms with van der Waals surface area (Å²) in [4.78, 5) is 12.0. The zero-order valence-electron chi connectivity index (χ0n) is 11.4. The molecule has 0 saturated heterocycles. The summed E-state index contributed by atoms with van der Waals surface area (Å²) >= 11 is 4.04. The minimum absolute atomic E-state index is 0.232. The number of benzene rings is 2. The highest BCUT2D eigenvalue weighted by Gasteiger charge is 2.14. The Morgan fingerprint density at radius 2 is 2.05 bits per heavy atom. The molecule has 0 aliphatic heterocycles. The van der Waals surface area contributed by atoms with Crippen LogP contribution in [0.2, 0.25) is 0 Å². The van der Waals surface area contributed by atoms with Gasteiger partial charge in [-0.05, 0) is 30.2 Å². The van der Waals surface area contributed by atoms with E-state index in [1.807, 2.05) is 31.2 Å². The van der Waals surface area contributed by atoms with E-state index in [4.69, 9.17) is 5.11 Å². The number of hydrogen-bond acceptors (Lipinski definition) is 3. The smallest absolute Gasteiger partial charge is 0.332 e. The van der Waals surface area contributed by atoms with E-state index in [1.165, 1.54) is 12.1 Å². The van der Waals surface area contributed by atoms with Crippen LogP contribution in [0.25, 0.3) is 0 Å². The number of amides is 2. The number of nitrogens with one attached hydrogen (secondary N) is 1. The van der Waals surface area contributed by atoms with Gasteiger partial charge in [0.05, 0.1) is 5.69 Å². The van der Waals surface area contributed by atoms with Crippen LogP contribution in [0.4, 0.5) is 14.9 Å². The summed E-state index contributed by atoms with van der Waals surface area (Å²) in [5, 5.41) is 11.8. The number of rotatable bonds is 3. The van der Waals surface area contributed by atoms with Gasteiger partial charge in [-0.2, -0.15) is 0 Å². The number of halogens is 1. The summed E-state index contributed by atoms with van der Waals surface area (Å²) in [6, 6.07) is 10.8. The summed E-state index contributed by atoms with van der Waals surface area (Å²) < 4.78 is 14.3. The predicted molar refractivity (Wildman–Crippen MR) is 82.9 cm³/mol. The molecule has 2 rings (SSSR count). The number of phenolic OH excluding ortho intramolecular Hbond substituents is 1. The standard InChI is InChI=1S/C15H15FN2O2S/c1-10-4-2-3-5-11(10)9-17-15(20)18(21)12-6-7-14(19)13(16)8-12/h2-8,19,21H,9H2,1H3,(H,17,20). The molecule has 4 nitrogen and oxygen atoms in total. The fourth-order valence-electron chi connectivity index (χ4n) is 1.80. The summed E-state index contributed by atoms with van der Waals surface area (Å²) in [5.41, 5.74) is 2.29. The summed E-state index contributed by atoms with van der Waals surface area (Å²) in [6.07, 6.45) is 0. The number of hydrogen-bond donors (Lipinski definition) is 3. The number of aromatic hydroxyl groups is 1. The third kappa shape index (κ3) is 3.66. The molecular weight excluding hydrogens is 291 g/mol. The first-order valence-electron chi connectivity index (χ1n) is 6.29. The molecule has 0 aromatic heterocycles. The van der Waals surface area contributed by atoms with Crippen molar-refractivity contribution < 1.29 is 14.3 Å². The summed E-state index contributed by atoms with van der Waals surface area (Å²) in [6.45, 7) is 2.30. The number of carbonyl (C=O) groups excluding carboxylic acids is 1. The zero-order valence-corrected chi connectivity index (χ0v) is 12.3. The van der Waals surface area contributed by atoms with Gasteiger partial charge in [-0.3, -0.25) is 0 Å². The average molecular weight is 306 g/mol. The number of phenols is 1. The van der Waals surface area contributed by atoms with Gasteiger partial charge in [-0.1, -0.05) is 37.1 Å². The van der Waals surface area contributed by atoms with E-state index < -0.39 is 17.6 Å². The van der Waals surface area contributed by atoms with E-state index >= 15 is 0 Å². The second kappa shape index (κ2) is 6.49. The Morgan fingerprint density at radius 1 is 1.33 bits per heavy atom. The number of carbonyl (C=O) groups is 1. The van der Waals surface area contributed by atoms with E-state index in [0.717, 1.165) is 21.5 Å². The molecule has 0 aliphatic carbocycles. The Morgan fingerprint density at radius 3 is 2.71 bits per heavy atom. The van der Waals surface area contributed by atoms with Crippen molar-refractivity contribution in [2.24, 2.45) is 0 Å². The Labute approximate surface area is 127 Å². The maximum absolute atomic E-state index is 13.3. The van der Waals surface area contributed by atoms with E-state index in [0.29, 0.717) is 6.54 Å². The first-order chi connectivity index (χ1) is 9.99. The van der Waals surface area contributed by atoms with Gasteiger partial charge in [-0.25, -0.2) is 13.5 Å². The first-order valence-corrected chi connectivity index (χ1v) is 6.69. The normalized spacial score (nSPS) is 10.2. The lowest BCUT2D eigenvalue weighted by Crippen LogP contribution is -2.33. The Hall–Kier alpha value is -2.21. The molecule has 0 spiro atoms. The fraction of sp³-hybridized carbons (Fsp3) is 0.133. The molecule has 110 valence electrons. The Bertz CT molecular complexity index is 664. The molecule has 2 amide bonds. The lowest BCUT2D eigenvalue weighted by molar-refractivity contribution is 0.249. The van der Waals surface area contributed by atoms with Gasteiger partial charge in [0.15, 0.2) is 11.6 Å². The van der Waals surface area contributed by atoms with Crippen LogP contribution in [-0.2, 0) is 6.54 Å². The second-order valence-electron chi connectivity index (χ2n) is 4.53. The van der Waals surface area contributed by atoms with Gasteiger partial charge in [-0.15, -0.1) is 0 Å². The van der Waals surface area contributed by atoms with Gasteiger partial charge >= 0.3 is 6.03 Å². The van der Waals surface area contributed by atoms with Crippen molar-refractivity contribution in [1.82, 2.24) is 5.32 Å². The van der Waals surface area contributed by atoms with E-state index in [1.54, 1.807) is 0 Å². The van der Waals surface area contributed by atoms with Crippen LogP contribution in [0.3, 0.4) is 0 Å². The number of nitrogens with zero attached hydrogens (tertiary/aromatic N) is 1. The molecule has 2 aromatic carbocycles. The molecule has 0 radical (unpaired) electrons. The fourth-order valence-corrected chi connectivity index (χ4v) is 1.99. The maximum atomic E-state index is 13.3. The summed E-state index contributed by atoms with van der Waals surface area (Å²) in [5.74, 6) is -1.28. The molecule has 0 bridgehead atoms. The number of urea groups is 1. The van der Waals surface area contributed by atoms with Crippen LogP contribution < -0.4 is 9.62 Å². The van der Waals surface area contributed by atoms with E-state index in [-0.39, 0.29) is 5.69 Å². The summed E-state index contributed by atoms with van der Waals surface area (Å²) in [7, 11) is 0. The Kier molecular flexibility index (Phi) is 4.70. The van der Waals surface area contributed by atoms with Crippen molar-refractivity contribution in [2.45, 2.75) is 13.5 Å². The van der Waals surface area contributed by atoms with Crippen LogP contribution in [0, 0.1) is 12.7 Å². The molecule has 21 heavy (non-hydrogen) atoms. The highest BCUT2D eigenvalue weighted by atomic mass is 32.1. The number of anilines is 1. The van der Waals surface area contributed by atoms with Crippen LogP contribution in [0.15, 0.2) is 42.5 Å². The first kappa shape index (κ1) is 15.2. The highest BCUT2D eigenvalue weighted by Crippen LogP contribution is 2.23. The predicted octanol–water partition coefficient (Wildman–Crippen LogP) is 3.40. The highest BCUT2D eigenvalue weighted by molar-refractivity contribution is 7.82. The van der Waals surface area contributed by atoms with Crippen molar-refractivity contribution >= 4 is 24.5 Å². The number of thiol groups is 1. The molecule has 0 unspecified atom stereocenters. The van der Waals surface area contributed by atoms with Crippen molar-refractivity contribution in [3.8, 4) is 5.75 Å². The van der Waals surface area contributed by atoms with E-state index in [9.17, 15) is 9.18 Å². The van der Waals surface area contributed by atoms with Gasteiger partial charge in [0.25, 0.3) is 0 Å². The second-order valence-corrected chi connectivity index (χ2v) is 4.93. The van der Waals surface area contributed by atoms with Crippen LogP contribution in [-0.4, -0.2) is 11.1 Å². The lowest BCUT2D eigenvalue weighted by atomic mass is 10.1. The van der Waals surface area contributed by atoms with Crippen molar-refractivity contribution in [3.05, 3.63) is 59.4 Å². The maximum Gasteiger partial charge on any atom is 0.332 e. The van der Waals surface area contributed by atoms with Gasteiger partial charge in [0, 0.05) is 12.6 Å². The third-order valence-corrected chi connectivity index (χ3v) is 3.47.